The smallest absolute Gasteiger partial charge is 0.253 e. The number of anilines is 1. The maximum absolute atomic E-state index is 12.4. The highest BCUT2D eigenvalue weighted by Gasteiger charge is 2.36. The van der Waals surface area contributed by atoms with Gasteiger partial charge in [-0.1, -0.05) is 17.7 Å². The molecule has 9 heteroatoms. The average Bonchev–Trinajstić information content (AvgIpc) is 2.87. The summed E-state index contributed by atoms with van der Waals surface area (Å²) in [6.45, 7) is 0.244. The standard InChI is InChI=1S/C16H14ClN3O4S/c17-14-4-3-12(20-15(21)5-7-25(20,23)24)8-13(14)16(22)19-10-11-2-1-6-18-9-11/h1-4,6,8-9H,5,7,10H2,(H,19,22). The van der Waals surface area contributed by atoms with Gasteiger partial charge in [-0.3, -0.25) is 14.6 Å². The molecular weight excluding hydrogens is 366 g/mol. The van der Waals surface area contributed by atoms with Crippen molar-refractivity contribution in [2.75, 3.05) is 10.1 Å². The van der Waals surface area contributed by atoms with Crippen LogP contribution in [0, 0.1) is 0 Å². The molecular formula is C16H14ClN3O4S. The van der Waals surface area contributed by atoms with E-state index in [-0.39, 0.29) is 35.0 Å². The number of nitrogens with zero attached hydrogens (tertiary/aromatic N) is 2. The third-order valence-electron chi connectivity index (χ3n) is 3.68. The van der Waals surface area contributed by atoms with E-state index in [1.54, 1.807) is 24.5 Å². The van der Waals surface area contributed by atoms with Crippen LogP contribution < -0.4 is 9.62 Å². The molecule has 1 aliphatic heterocycles. The summed E-state index contributed by atoms with van der Waals surface area (Å²) in [5.74, 6) is -1.24. The molecule has 0 aliphatic carbocycles. The molecule has 0 atom stereocenters. The van der Waals surface area contributed by atoms with E-state index in [0.717, 1.165) is 9.87 Å². The third kappa shape index (κ3) is 3.64. The fraction of sp³-hybridized carbons (Fsp3) is 0.188. The Labute approximate surface area is 149 Å². The van der Waals surface area contributed by atoms with Gasteiger partial charge in [0.25, 0.3) is 5.91 Å². The molecule has 0 radical (unpaired) electrons. The maximum Gasteiger partial charge on any atom is 0.253 e. The number of benzene rings is 1. The van der Waals surface area contributed by atoms with Crippen molar-refractivity contribution in [3.63, 3.8) is 0 Å². The van der Waals surface area contributed by atoms with E-state index in [1.807, 2.05) is 0 Å². The quantitative estimate of drug-likeness (QED) is 0.872. The Morgan fingerprint density at radius 3 is 2.76 bits per heavy atom. The highest BCUT2D eigenvalue weighted by molar-refractivity contribution is 7.94. The first-order valence-corrected chi connectivity index (χ1v) is 9.40. The van der Waals surface area contributed by atoms with E-state index in [9.17, 15) is 18.0 Å². The van der Waals surface area contributed by atoms with Crippen LogP contribution in [0.15, 0.2) is 42.7 Å². The van der Waals surface area contributed by atoms with Crippen LogP contribution in [0.1, 0.15) is 22.3 Å². The average molecular weight is 380 g/mol. The van der Waals surface area contributed by atoms with Gasteiger partial charge in [-0.25, -0.2) is 12.7 Å². The Kier molecular flexibility index (Phi) is 4.73. The molecule has 2 aromatic rings. The summed E-state index contributed by atoms with van der Waals surface area (Å²) in [5.41, 5.74) is 1.01. The van der Waals surface area contributed by atoms with Crippen molar-refractivity contribution in [2.45, 2.75) is 13.0 Å². The molecule has 0 unspecified atom stereocenters. The molecule has 25 heavy (non-hydrogen) atoms. The Morgan fingerprint density at radius 1 is 1.32 bits per heavy atom. The number of pyridine rings is 1. The van der Waals surface area contributed by atoms with Gasteiger partial charge in [0, 0.05) is 25.4 Å². The van der Waals surface area contributed by atoms with Crippen LogP contribution in [0.25, 0.3) is 0 Å². The van der Waals surface area contributed by atoms with E-state index in [0.29, 0.717) is 0 Å². The molecule has 1 fully saturated rings. The lowest BCUT2D eigenvalue weighted by Crippen LogP contribution is -2.30. The summed E-state index contributed by atoms with van der Waals surface area (Å²) in [6, 6.07) is 7.67. The Morgan fingerprint density at radius 2 is 2.12 bits per heavy atom. The SMILES string of the molecule is O=C(NCc1cccnc1)c1cc(N2C(=O)CCS2(=O)=O)ccc1Cl. The van der Waals surface area contributed by atoms with Crippen LogP contribution in [0.4, 0.5) is 5.69 Å². The van der Waals surface area contributed by atoms with Crippen LogP contribution in [0.3, 0.4) is 0 Å². The molecule has 3 rings (SSSR count). The molecule has 0 bridgehead atoms. The van der Waals surface area contributed by atoms with Crippen molar-refractivity contribution >= 4 is 39.1 Å². The summed E-state index contributed by atoms with van der Waals surface area (Å²) in [4.78, 5) is 28.2. The van der Waals surface area contributed by atoms with E-state index in [2.05, 4.69) is 10.3 Å². The van der Waals surface area contributed by atoms with E-state index >= 15 is 0 Å². The van der Waals surface area contributed by atoms with Crippen LogP contribution in [0.5, 0.6) is 0 Å². The minimum atomic E-state index is -3.70. The molecule has 0 saturated carbocycles. The number of halogens is 1. The van der Waals surface area contributed by atoms with Crippen molar-refractivity contribution < 1.29 is 18.0 Å². The topological polar surface area (TPSA) is 96.4 Å². The normalized spacial score (nSPS) is 16.0. The van der Waals surface area contributed by atoms with Gasteiger partial charge in [-0.2, -0.15) is 0 Å². The molecule has 1 aliphatic rings. The first kappa shape index (κ1) is 17.4. The molecule has 0 spiro atoms. The van der Waals surface area contributed by atoms with Crippen LogP contribution in [0.2, 0.25) is 5.02 Å². The van der Waals surface area contributed by atoms with Gasteiger partial charge in [-0.15, -0.1) is 0 Å². The first-order valence-electron chi connectivity index (χ1n) is 7.41. The van der Waals surface area contributed by atoms with Gasteiger partial charge in [0.1, 0.15) is 0 Å². The minimum Gasteiger partial charge on any atom is -0.348 e. The van der Waals surface area contributed by atoms with Crippen molar-refractivity contribution in [3.05, 3.63) is 58.9 Å². The first-order chi connectivity index (χ1) is 11.9. The predicted octanol–water partition coefficient (Wildman–Crippen LogP) is 1.73. The summed E-state index contributed by atoms with van der Waals surface area (Å²) in [5, 5.41) is 2.85. The largest absolute Gasteiger partial charge is 0.348 e. The number of carbonyl (C=O) groups excluding carboxylic acids is 2. The van der Waals surface area contributed by atoms with E-state index in [4.69, 9.17) is 11.6 Å². The number of rotatable bonds is 4. The number of amides is 2. The second-order valence-corrected chi connectivity index (χ2v) is 7.78. The highest BCUT2D eigenvalue weighted by Crippen LogP contribution is 2.29. The highest BCUT2D eigenvalue weighted by atomic mass is 35.5. The van der Waals surface area contributed by atoms with Crippen LogP contribution in [-0.2, 0) is 21.4 Å². The molecule has 1 N–H and O–H groups in total. The summed E-state index contributed by atoms with van der Waals surface area (Å²) < 4.78 is 24.8. The monoisotopic (exact) mass is 379 g/mol. The lowest BCUT2D eigenvalue weighted by atomic mass is 10.1. The third-order valence-corrected chi connectivity index (χ3v) is 5.70. The molecule has 2 amide bonds. The summed E-state index contributed by atoms with van der Waals surface area (Å²) >= 11 is 6.06. The Balaban J connectivity index is 1.84. The molecule has 1 aromatic carbocycles. The van der Waals surface area contributed by atoms with Gasteiger partial charge < -0.3 is 5.32 Å². The Hall–Kier alpha value is -2.45. The number of hydrogen-bond donors (Lipinski definition) is 1. The molecule has 7 nitrogen and oxygen atoms in total. The lowest BCUT2D eigenvalue weighted by molar-refractivity contribution is -0.116. The van der Waals surface area contributed by atoms with Crippen molar-refractivity contribution in [1.29, 1.82) is 0 Å². The van der Waals surface area contributed by atoms with Gasteiger partial charge >= 0.3 is 0 Å². The second kappa shape index (κ2) is 6.81. The zero-order valence-corrected chi connectivity index (χ0v) is 14.5. The number of nitrogens with one attached hydrogen (secondary N) is 1. The fourth-order valence-electron chi connectivity index (χ4n) is 2.46. The number of hydrogen-bond acceptors (Lipinski definition) is 5. The zero-order valence-electron chi connectivity index (χ0n) is 13.0. The van der Waals surface area contributed by atoms with Gasteiger partial charge in [-0.05, 0) is 29.8 Å². The van der Waals surface area contributed by atoms with Gasteiger partial charge in [0.15, 0.2) is 0 Å². The van der Waals surface area contributed by atoms with E-state index in [1.165, 1.54) is 18.2 Å². The van der Waals surface area contributed by atoms with Crippen LogP contribution >= 0.6 is 11.6 Å². The number of sulfonamides is 1. The van der Waals surface area contributed by atoms with Crippen LogP contribution in [-0.4, -0.2) is 31.0 Å². The molecule has 130 valence electrons. The number of carbonyl (C=O) groups is 2. The molecule has 1 aromatic heterocycles. The van der Waals surface area contributed by atoms with Crippen molar-refractivity contribution in [2.24, 2.45) is 0 Å². The van der Waals surface area contributed by atoms with Crippen molar-refractivity contribution in [1.82, 2.24) is 10.3 Å². The molecule has 2 heterocycles. The molecule has 1 saturated heterocycles. The lowest BCUT2D eigenvalue weighted by Gasteiger charge is -2.16. The number of aromatic nitrogens is 1. The summed E-state index contributed by atoms with van der Waals surface area (Å²) in [7, 11) is -3.70. The summed E-state index contributed by atoms with van der Waals surface area (Å²) in [6.07, 6.45) is 3.17. The second-order valence-electron chi connectivity index (χ2n) is 5.43. The maximum atomic E-state index is 12.4. The van der Waals surface area contributed by atoms with Gasteiger partial charge in [0.2, 0.25) is 15.9 Å². The minimum absolute atomic E-state index is 0.0759. The van der Waals surface area contributed by atoms with Crippen molar-refractivity contribution in [3.8, 4) is 0 Å². The zero-order chi connectivity index (χ0) is 18.0. The Bertz CT molecular complexity index is 932. The predicted molar refractivity (Wildman–Crippen MR) is 92.7 cm³/mol. The van der Waals surface area contributed by atoms with E-state index < -0.39 is 21.8 Å². The van der Waals surface area contributed by atoms with Gasteiger partial charge in [0.05, 0.1) is 22.0 Å². The fourth-order valence-corrected chi connectivity index (χ4v) is 4.12.